The minimum Gasteiger partial charge on any atom is -0.397 e. The van der Waals surface area contributed by atoms with Crippen molar-refractivity contribution < 1.29 is 0 Å². The Balaban J connectivity index is 1.84. The molecule has 0 radical (unpaired) electrons. The van der Waals surface area contributed by atoms with Gasteiger partial charge in [0, 0.05) is 25.2 Å². The van der Waals surface area contributed by atoms with E-state index in [0.29, 0.717) is 5.41 Å². The normalized spacial score (nSPS) is 20.4. The molecule has 2 rings (SSSR count). The molecule has 0 aliphatic carbocycles. The number of hydrogen-bond donors (Lipinski definition) is 1. The lowest BCUT2D eigenvalue weighted by Gasteiger charge is -2.38. The number of likely N-dealkylation sites (tertiary alicyclic amines) is 1. The molecule has 3 heteroatoms. The molecule has 1 aromatic rings. The van der Waals surface area contributed by atoms with Crippen molar-refractivity contribution in [2.75, 3.05) is 25.4 Å². The van der Waals surface area contributed by atoms with Crippen molar-refractivity contribution in [1.29, 1.82) is 0 Å². The van der Waals surface area contributed by atoms with Gasteiger partial charge in [0.15, 0.2) is 0 Å². The van der Waals surface area contributed by atoms with Gasteiger partial charge >= 0.3 is 0 Å². The van der Waals surface area contributed by atoms with E-state index in [0.717, 1.165) is 24.3 Å². The Morgan fingerprint density at radius 2 is 2.24 bits per heavy atom. The van der Waals surface area contributed by atoms with E-state index in [4.69, 9.17) is 5.73 Å². The van der Waals surface area contributed by atoms with Crippen molar-refractivity contribution in [3.05, 3.63) is 24.0 Å². The molecule has 0 spiro atoms. The van der Waals surface area contributed by atoms with Crippen LogP contribution in [0.3, 0.4) is 0 Å². The van der Waals surface area contributed by atoms with Crippen LogP contribution in [-0.2, 0) is 6.42 Å². The zero-order chi connectivity index (χ0) is 12.3. The van der Waals surface area contributed by atoms with Gasteiger partial charge in [0.05, 0.1) is 11.9 Å². The molecule has 2 heterocycles. The molecule has 1 aromatic heterocycles. The Kier molecular flexibility index (Phi) is 3.67. The molecule has 0 saturated carbocycles. The highest BCUT2D eigenvalue weighted by Gasteiger charge is 2.25. The SMILES string of the molecule is CC1(C)CCCN(CCc2ccc(N)cn2)C1. The van der Waals surface area contributed by atoms with Crippen LogP contribution in [0.4, 0.5) is 5.69 Å². The summed E-state index contributed by atoms with van der Waals surface area (Å²) in [5.74, 6) is 0. The fourth-order valence-corrected chi connectivity index (χ4v) is 2.59. The third-order valence-electron chi connectivity index (χ3n) is 3.51. The number of nitrogen functional groups attached to an aromatic ring is 1. The molecule has 0 bridgehead atoms. The summed E-state index contributed by atoms with van der Waals surface area (Å²) in [6.07, 6.45) is 5.44. The van der Waals surface area contributed by atoms with Gasteiger partial charge in [0.1, 0.15) is 0 Å². The molecule has 1 saturated heterocycles. The van der Waals surface area contributed by atoms with Crippen LogP contribution in [0.2, 0.25) is 0 Å². The molecule has 2 N–H and O–H groups in total. The predicted molar refractivity (Wildman–Crippen MR) is 71.8 cm³/mol. The first-order valence-electron chi connectivity index (χ1n) is 6.48. The van der Waals surface area contributed by atoms with Crippen LogP contribution >= 0.6 is 0 Å². The quantitative estimate of drug-likeness (QED) is 0.871. The zero-order valence-corrected chi connectivity index (χ0v) is 10.9. The van der Waals surface area contributed by atoms with Gasteiger partial charge in [0.2, 0.25) is 0 Å². The van der Waals surface area contributed by atoms with Crippen molar-refractivity contribution in [3.8, 4) is 0 Å². The molecule has 0 amide bonds. The summed E-state index contributed by atoms with van der Waals surface area (Å²) in [6, 6.07) is 3.97. The second kappa shape index (κ2) is 5.05. The van der Waals surface area contributed by atoms with Crippen LogP contribution in [0.25, 0.3) is 0 Å². The molecular formula is C14H23N3. The van der Waals surface area contributed by atoms with E-state index in [9.17, 15) is 0 Å². The number of nitrogens with zero attached hydrogens (tertiary/aromatic N) is 2. The van der Waals surface area contributed by atoms with Gasteiger partial charge in [-0.05, 0) is 36.9 Å². The molecule has 94 valence electrons. The fraction of sp³-hybridized carbons (Fsp3) is 0.643. The first-order valence-corrected chi connectivity index (χ1v) is 6.48. The van der Waals surface area contributed by atoms with Gasteiger partial charge < -0.3 is 10.6 Å². The highest BCUT2D eigenvalue weighted by Crippen LogP contribution is 2.28. The number of piperidine rings is 1. The summed E-state index contributed by atoms with van der Waals surface area (Å²) in [4.78, 5) is 6.90. The Morgan fingerprint density at radius 1 is 1.41 bits per heavy atom. The number of anilines is 1. The van der Waals surface area contributed by atoms with Crippen LogP contribution in [-0.4, -0.2) is 29.5 Å². The topological polar surface area (TPSA) is 42.1 Å². The Hall–Kier alpha value is -1.09. The first kappa shape index (κ1) is 12.4. The third-order valence-corrected chi connectivity index (χ3v) is 3.51. The summed E-state index contributed by atoms with van der Waals surface area (Å²) >= 11 is 0. The van der Waals surface area contributed by atoms with E-state index >= 15 is 0 Å². The monoisotopic (exact) mass is 233 g/mol. The Bertz CT molecular complexity index is 356. The van der Waals surface area contributed by atoms with Gasteiger partial charge in [-0.1, -0.05) is 13.8 Å². The molecule has 1 fully saturated rings. The molecular weight excluding hydrogens is 210 g/mol. The summed E-state index contributed by atoms with van der Waals surface area (Å²) in [7, 11) is 0. The van der Waals surface area contributed by atoms with E-state index in [1.165, 1.54) is 25.9 Å². The molecule has 1 aliphatic heterocycles. The van der Waals surface area contributed by atoms with Crippen LogP contribution in [0.5, 0.6) is 0 Å². The van der Waals surface area contributed by atoms with E-state index < -0.39 is 0 Å². The lowest BCUT2D eigenvalue weighted by Crippen LogP contribution is -2.41. The van der Waals surface area contributed by atoms with E-state index in [1.807, 2.05) is 12.1 Å². The smallest absolute Gasteiger partial charge is 0.0501 e. The average Bonchev–Trinajstić information content (AvgIpc) is 2.27. The Labute approximate surface area is 104 Å². The first-order chi connectivity index (χ1) is 8.05. The van der Waals surface area contributed by atoms with Gasteiger partial charge in [-0.2, -0.15) is 0 Å². The second-order valence-electron chi connectivity index (χ2n) is 5.88. The molecule has 0 unspecified atom stereocenters. The summed E-state index contributed by atoms with van der Waals surface area (Å²) in [5.41, 5.74) is 7.99. The number of aromatic nitrogens is 1. The molecule has 17 heavy (non-hydrogen) atoms. The lowest BCUT2D eigenvalue weighted by atomic mass is 9.84. The van der Waals surface area contributed by atoms with Crippen LogP contribution in [0, 0.1) is 5.41 Å². The highest BCUT2D eigenvalue weighted by atomic mass is 15.1. The average molecular weight is 233 g/mol. The number of nitrogens with two attached hydrogens (primary N) is 1. The number of pyridine rings is 1. The van der Waals surface area contributed by atoms with E-state index in [2.05, 4.69) is 23.7 Å². The summed E-state index contributed by atoms with van der Waals surface area (Å²) in [6.45, 7) is 8.28. The summed E-state index contributed by atoms with van der Waals surface area (Å²) < 4.78 is 0. The maximum absolute atomic E-state index is 5.63. The number of hydrogen-bond acceptors (Lipinski definition) is 3. The minimum atomic E-state index is 0.479. The van der Waals surface area contributed by atoms with Gasteiger partial charge in [-0.25, -0.2) is 0 Å². The van der Waals surface area contributed by atoms with Crippen LogP contribution < -0.4 is 5.73 Å². The fourth-order valence-electron chi connectivity index (χ4n) is 2.59. The maximum Gasteiger partial charge on any atom is 0.0501 e. The third kappa shape index (κ3) is 3.70. The van der Waals surface area contributed by atoms with Crippen molar-refractivity contribution in [3.63, 3.8) is 0 Å². The Morgan fingerprint density at radius 3 is 2.88 bits per heavy atom. The van der Waals surface area contributed by atoms with Crippen LogP contribution in [0.1, 0.15) is 32.4 Å². The lowest BCUT2D eigenvalue weighted by molar-refractivity contribution is 0.119. The van der Waals surface area contributed by atoms with Crippen molar-refractivity contribution in [2.45, 2.75) is 33.1 Å². The zero-order valence-electron chi connectivity index (χ0n) is 10.9. The van der Waals surface area contributed by atoms with Gasteiger partial charge in [0.25, 0.3) is 0 Å². The molecule has 3 nitrogen and oxygen atoms in total. The number of rotatable bonds is 3. The minimum absolute atomic E-state index is 0.479. The van der Waals surface area contributed by atoms with E-state index in [-0.39, 0.29) is 0 Å². The van der Waals surface area contributed by atoms with Crippen molar-refractivity contribution >= 4 is 5.69 Å². The highest BCUT2D eigenvalue weighted by molar-refractivity contribution is 5.34. The second-order valence-corrected chi connectivity index (χ2v) is 5.88. The van der Waals surface area contributed by atoms with Gasteiger partial charge in [-0.15, -0.1) is 0 Å². The maximum atomic E-state index is 5.63. The molecule has 0 atom stereocenters. The van der Waals surface area contributed by atoms with Crippen LogP contribution in [0.15, 0.2) is 18.3 Å². The predicted octanol–water partition coefficient (Wildman–Crippen LogP) is 2.33. The van der Waals surface area contributed by atoms with Crippen molar-refractivity contribution in [1.82, 2.24) is 9.88 Å². The van der Waals surface area contributed by atoms with Gasteiger partial charge in [-0.3, -0.25) is 4.98 Å². The van der Waals surface area contributed by atoms with E-state index in [1.54, 1.807) is 6.20 Å². The standard InChI is InChI=1S/C14H23N3/c1-14(2)7-3-8-17(11-14)9-6-13-5-4-12(15)10-16-13/h4-5,10H,3,6-9,11,15H2,1-2H3. The summed E-state index contributed by atoms with van der Waals surface area (Å²) in [5, 5.41) is 0. The molecule has 0 aromatic carbocycles. The molecule has 1 aliphatic rings. The van der Waals surface area contributed by atoms with Crippen molar-refractivity contribution in [2.24, 2.45) is 5.41 Å². The largest absolute Gasteiger partial charge is 0.397 e.